The first-order chi connectivity index (χ1) is 11.1. The fraction of sp³-hybridized carbons (Fsp3) is 0.529. The molecule has 1 unspecified atom stereocenters. The van der Waals surface area contributed by atoms with Gasteiger partial charge in [0.15, 0.2) is 0 Å². The van der Waals surface area contributed by atoms with Crippen LogP contribution in [0.25, 0.3) is 0 Å². The first kappa shape index (κ1) is 15.8. The van der Waals surface area contributed by atoms with Gasteiger partial charge in [-0.1, -0.05) is 30.3 Å². The van der Waals surface area contributed by atoms with Gasteiger partial charge in [-0.2, -0.15) is 0 Å². The zero-order valence-electron chi connectivity index (χ0n) is 13.4. The lowest BCUT2D eigenvalue weighted by Gasteiger charge is -2.20. The van der Waals surface area contributed by atoms with Gasteiger partial charge in [-0.05, 0) is 24.4 Å². The second kappa shape index (κ2) is 6.58. The average Bonchev–Trinajstić information content (AvgIpc) is 3.14. The molecule has 3 rings (SSSR count). The molecule has 2 fully saturated rings. The van der Waals surface area contributed by atoms with Crippen LogP contribution in [0, 0.1) is 5.92 Å². The minimum atomic E-state index is -0.389. The highest BCUT2D eigenvalue weighted by atomic mass is 16.2. The van der Waals surface area contributed by atoms with Crippen LogP contribution >= 0.6 is 0 Å². The molecule has 2 aliphatic heterocycles. The standard InChI is InChI=1S/C17H24N4O2/c1-20-8-7-15(16(20)22)19-17(23)21-10-13(9-18)14(11-21)12-5-3-2-4-6-12/h2-6,13-15H,7-11,18H2,1H3,(H,19,23)/t13-,14+,15?/m1/s1. The second-order valence-corrected chi connectivity index (χ2v) is 6.47. The van der Waals surface area contributed by atoms with Crippen LogP contribution in [0.4, 0.5) is 4.79 Å². The largest absolute Gasteiger partial charge is 0.344 e. The summed E-state index contributed by atoms with van der Waals surface area (Å²) in [5.41, 5.74) is 7.13. The SMILES string of the molecule is CN1CCC(NC(=O)N2C[C@@H](CN)[C@H](c3ccccc3)C2)C1=O. The third-order valence-electron chi connectivity index (χ3n) is 4.98. The van der Waals surface area contributed by atoms with E-state index in [2.05, 4.69) is 17.4 Å². The molecule has 0 aromatic heterocycles. The van der Waals surface area contributed by atoms with Gasteiger partial charge in [-0.25, -0.2) is 4.79 Å². The lowest BCUT2D eigenvalue weighted by atomic mass is 9.89. The van der Waals surface area contributed by atoms with Gasteiger partial charge in [0.05, 0.1) is 0 Å². The fourth-order valence-electron chi connectivity index (χ4n) is 3.55. The van der Waals surface area contributed by atoms with E-state index in [-0.39, 0.29) is 29.8 Å². The summed E-state index contributed by atoms with van der Waals surface area (Å²) in [6.07, 6.45) is 0.678. The molecule has 2 saturated heterocycles. The first-order valence-electron chi connectivity index (χ1n) is 8.15. The Kier molecular flexibility index (Phi) is 4.52. The Hall–Kier alpha value is -2.08. The van der Waals surface area contributed by atoms with Crippen LogP contribution in [0.5, 0.6) is 0 Å². The number of hydrogen-bond donors (Lipinski definition) is 2. The molecule has 124 valence electrons. The van der Waals surface area contributed by atoms with Crippen LogP contribution in [0.15, 0.2) is 30.3 Å². The normalized spacial score (nSPS) is 27.6. The Bertz CT molecular complexity index is 577. The Balaban J connectivity index is 1.65. The second-order valence-electron chi connectivity index (χ2n) is 6.47. The van der Waals surface area contributed by atoms with Crippen LogP contribution in [-0.2, 0) is 4.79 Å². The molecule has 23 heavy (non-hydrogen) atoms. The Morgan fingerprint density at radius 3 is 2.65 bits per heavy atom. The van der Waals surface area contributed by atoms with Gasteiger partial charge in [-0.3, -0.25) is 4.79 Å². The Labute approximate surface area is 136 Å². The van der Waals surface area contributed by atoms with Crippen molar-refractivity contribution in [2.24, 2.45) is 11.7 Å². The number of likely N-dealkylation sites (tertiary alicyclic amines) is 2. The van der Waals surface area contributed by atoms with E-state index in [0.717, 1.165) is 0 Å². The lowest BCUT2D eigenvalue weighted by molar-refractivity contribution is -0.128. The topological polar surface area (TPSA) is 78.7 Å². The van der Waals surface area contributed by atoms with Crippen molar-refractivity contribution in [1.29, 1.82) is 0 Å². The van der Waals surface area contributed by atoms with Crippen molar-refractivity contribution in [3.8, 4) is 0 Å². The third-order valence-corrected chi connectivity index (χ3v) is 4.98. The van der Waals surface area contributed by atoms with Gasteiger partial charge in [0.1, 0.15) is 6.04 Å². The molecule has 1 aromatic rings. The molecule has 6 heteroatoms. The van der Waals surface area contributed by atoms with Crippen LogP contribution < -0.4 is 11.1 Å². The third kappa shape index (κ3) is 3.17. The summed E-state index contributed by atoms with van der Waals surface area (Å²) in [4.78, 5) is 27.9. The molecule has 0 aliphatic carbocycles. The molecule has 0 spiro atoms. The van der Waals surface area contributed by atoms with Crippen molar-refractivity contribution >= 4 is 11.9 Å². The van der Waals surface area contributed by atoms with E-state index in [1.54, 1.807) is 16.8 Å². The minimum absolute atomic E-state index is 0.00692. The number of likely N-dealkylation sites (N-methyl/N-ethyl adjacent to an activating group) is 1. The summed E-state index contributed by atoms with van der Waals surface area (Å²) in [7, 11) is 1.76. The summed E-state index contributed by atoms with van der Waals surface area (Å²) in [5, 5.41) is 2.87. The lowest BCUT2D eigenvalue weighted by Crippen LogP contribution is -2.47. The number of hydrogen-bond acceptors (Lipinski definition) is 3. The van der Waals surface area contributed by atoms with E-state index in [1.165, 1.54) is 5.56 Å². The number of nitrogens with zero attached hydrogens (tertiary/aromatic N) is 2. The number of carbonyl (C=O) groups is 2. The van der Waals surface area contributed by atoms with Crippen molar-refractivity contribution in [3.05, 3.63) is 35.9 Å². The molecule has 0 radical (unpaired) electrons. The number of nitrogens with two attached hydrogens (primary N) is 1. The molecule has 2 aliphatic rings. The first-order valence-corrected chi connectivity index (χ1v) is 8.15. The summed E-state index contributed by atoms with van der Waals surface area (Å²) in [6, 6.07) is 9.64. The number of urea groups is 1. The van der Waals surface area contributed by atoms with Gasteiger partial charge in [0, 0.05) is 32.6 Å². The fourth-order valence-corrected chi connectivity index (χ4v) is 3.55. The van der Waals surface area contributed by atoms with Crippen LogP contribution in [-0.4, -0.2) is 61.0 Å². The highest BCUT2D eigenvalue weighted by molar-refractivity contribution is 5.88. The van der Waals surface area contributed by atoms with E-state index in [9.17, 15) is 9.59 Å². The molecular formula is C17H24N4O2. The molecule has 1 aromatic carbocycles. The maximum absolute atomic E-state index is 12.5. The molecule has 3 N–H and O–H groups in total. The van der Waals surface area contributed by atoms with E-state index in [1.807, 2.05) is 18.2 Å². The summed E-state index contributed by atoms with van der Waals surface area (Å²) in [5.74, 6) is 0.506. The van der Waals surface area contributed by atoms with Gasteiger partial charge >= 0.3 is 6.03 Å². The van der Waals surface area contributed by atoms with Crippen LogP contribution in [0.3, 0.4) is 0 Å². The molecule has 0 saturated carbocycles. The number of nitrogens with one attached hydrogen (secondary N) is 1. The number of amides is 3. The smallest absolute Gasteiger partial charge is 0.318 e. The number of benzene rings is 1. The highest BCUT2D eigenvalue weighted by Crippen LogP contribution is 2.32. The van der Waals surface area contributed by atoms with Gasteiger partial charge in [0.25, 0.3) is 0 Å². The Morgan fingerprint density at radius 1 is 1.30 bits per heavy atom. The summed E-state index contributed by atoms with van der Waals surface area (Å²) in [6.45, 7) is 2.53. The summed E-state index contributed by atoms with van der Waals surface area (Å²) >= 11 is 0. The summed E-state index contributed by atoms with van der Waals surface area (Å²) < 4.78 is 0. The molecule has 6 nitrogen and oxygen atoms in total. The van der Waals surface area contributed by atoms with E-state index >= 15 is 0 Å². The van der Waals surface area contributed by atoms with Crippen molar-refractivity contribution < 1.29 is 9.59 Å². The van der Waals surface area contributed by atoms with Crippen molar-refractivity contribution in [1.82, 2.24) is 15.1 Å². The predicted molar refractivity (Wildman–Crippen MR) is 87.9 cm³/mol. The quantitative estimate of drug-likeness (QED) is 0.857. The number of carbonyl (C=O) groups excluding carboxylic acids is 2. The highest BCUT2D eigenvalue weighted by Gasteiger charge is 2.37. The van der Waals surface area contributed by atoms with Crippen molar-refractivity contribution in [2.75, 3.05) is 33.2 Å². The van der Waals surface area contributed by atoms with Gasteiger partial charge < -0.3 is 20.9 Å². The molecule has 3 amide bonds. The predicted octanol–water partition coefficient (Wildman–Crippen LogP) is 0.601. The Morgan fingerprint density at radius 2 is 2.04 bits per heavy atom. The average molecular weight is 316 g/mol. The van der Waals surface area contributed by atoms with Gasteiger partial charge in [-0.15, -0.1) is 0 Å². The van der Waals surface area contributed by atoms with Crippen LogP contribution in [0.2, 0.25) is 0 Å². The number of rotatable bonds is 3. The van der Waals surface area contributed by atoms with Crippen molar-refractivity contribution in [2.45, 2.75) is 18.4 Å². The van der Waals surface area contributed by atoms with Gasteiger partial charge in [0.2, 0.25) is 5.91 Å². The van der Waals surface area contributed by atoms with E-state index < -0.39 is 0 Å². The maximum atomic E-state index is 12.5. The molecule has 2 heterocycles. The van der Waals surface area contributed by atoms with E-state index in [0.29, 0.717) is 32.6 Å². The molecule has 0 bridgehead atoms. The van der Waals surface area contributed by atoms with Crippen LogP contribution in [0.1, 0.15) is 17.9 Å². The zero-order chi connectivity index (χ0) is 16.4. The minimum Gasteiger partial charge on any atom is -0.344 e. The molecular weight excluding hydrogens is 292 g/mol. The van der Waals surface area contributed by atoms with Crippen molar-refractivity contribution in [3.63, 3.8) is 0 Å². The maximum Gasteiger partial charge on any atom is 0.318 e. The van der Waals surface area contributed by atoms with E-state index in [4.69, 9.17) is 5.73 Å². The monoisotopic (exact) mass is 316 g/mol. The molecule has 3 atom stereocenters. The zero-order valence-corrected chi connectivity index (χ0v) is 13.4.